The Morgan fingerprint density at radius 2 is 1.92 bits per heavy atom. The summed E-state index contributed by atoms with van der Waals surface area (Å²) in [6.07, 6.45) is 2.02. The van der Waals surface area contributed by atoms with E-state index in [2.05, 4.69) is 31.6 Å². The number of quaternary nitrogens is 1. The van der Waals surface area contributed by atoms with Gasteiger partial charge in [-0.1, -0.05) is 18.2 Å². The standard InChI is InChI=1S/C20H23N4O/c1-15-18(13-24(2,3)4)23-11-7-10-19(20(23)22-15)25-14-17-9-6-5-8-16(17)12-21/h5-11H,13-14H2,1-4H3/q+1. The molecule has 1 aromatic carbocycles. The van der Waals surface area contributed by atoms with Gasteiger partial charge in [-0.05, 0) is 25.1 Å². The van der Waals surface area contributed by atoms with Crippen LogP contribution in [0.5, 0.6) is 5.75 Å². The Morgan fingerprint density at radius 1 is 1.16 bits per heavy atom. The number of pyridine rings is 1. The second-order valence-corrected chi connectivity index (χ2v) is 7.22. The summed E-state index contributed by atoms with van der Waals surface area (Å²) in [6, 6.07) is 13.6. The summed E-state index contributed by atoms with van der Waals surface area (Å²) >= 11 is 0. The molecule has 0 saturated heterocycles. The van der Waals surface area contributed by atoms with E-state index in [0.29, 0.717) is 12.2 Å². The highest BCUT2D eigenvalue weighted by Gasteiger charge is 2.18. The van der Waals surface area contributed by atoms with Crippen molar-refractivity contribution in [1.29, 1.82) is 5.26 Å². The van der Waals surface area contributed by atoms with Crippen molar-refractivity contribution < 1.29 is 9.22 Å². The van der Waals surface area contributed by atoms with Crippen molar-refractivity contribution >= 4 is 5.65 Å². The van der Waals surface area contributed by atoms with Crippen LogP contribution in [0.15, 0.2) is 42.6 Å². The topological polar surface area (TPSA) is 50.3 Å². The first-order valence-electron chi connectivity index (χ1n) is 8.27. The zero-order chi connectivity index (χ0) is 18.0. The molecule has 2 aromatic heterocycles. The molecule has 0 aliphatic carbocycles. The van der Waals surface area contributed by atoms with Gasteiger partial charge in [-0.15, -0.1) is 0 Å². The van der Waals surface area contributed by atoms with Crippen molar-refractivity contribution in [2.24, 2.45) is 0 Å². The SMILES string of the molecule is Cc1nc2c(OCc3ccccc3C#N)cccn2c1C[N+](C)(C)C. The van der Waals surface area contributed by atoms with Gasteiger partial charge in [-0.25, -0.2) is 4.98 Å². The van der Waals surface area contributed by atoms with Crippen LogP contribution in [0.3, 0.4) is 0 Å². The van der Waals surface area contributed by atoms with Crippen LogP contribution in [0.1, 0.15) is 22.5 Å². The van der Waals surface area contributed by atoms with Gasteiger partial charge in [0.25, 0.3) is 0 Å². The van der Waals surface area contributed by atoms with Gasteiger partial charge >= 0.3 is 0 Å². The molecule has 25 heavy (non-hydrogen) atoms. The fraction of sp³-hybridized carbons (Fsp3) is 0.300. The molecular weight excluding hydrogens is 312 g/mol. The van der Waals surface area contributed by atoms with E-state index in [0.717, 1.165) is 33.7 Å². The summed E-state index contributed by atoms with van der Waals surface area (Å²) in [5.41, 5.74) is 4.53. The van der Waals surface area contributed by atoms with Crippen LogP contribution in [0, 0.1) is 18.3 Å². The van der Waals surface area contributed by atoms with Gasteiger partial charge in [0.05, 0.1) is 38.5 Å². The van der Waals surface area contributed by atoms with Crippen LogP contribution in [0.2, 0.25) is 0 Å². The minimum Gasteiger partial charge on any atom is -0.485 e. The van der Waals surface area contributed by atoms with Crippen LogP contribution < -0.4 is 4.74 Å². The molecular formula is C20H23N4O+. The number of hydrogen-bond acceptors (Lipinski definition) is 3. The van der Waals surface area contributed by atoms with Crippen LogP contribution in [0.25, 0.3) is 5.65 Å². The summed E-state index contributed by atoms with van der Waals surface area (Å²) in [4.78, 5) is 4.72. The molecule has 0 saturated carbocycles. The van der Waals surface area contributed by atoms with E-state index in [1.807, 2.05) is 43.5 Å². The maximum Gasteiger partial charge on any atom is 0.180 e. The Balaban J connectivity index is 1.93. The first kappa shape index (κ1) is 17.0. The van der Waals surface area contributed by atoms with Crippen molar-refractivity contribution in [2.75, 3.05) is 21.1 Å². The lowest BCUT2D eigenvalue weighted by atomic mass is 10.1. The number of hydrogen-bond donors (Lipinski definition) is 0. The van der Waals surface area contributed by atoms with E-state index in [1.165, 1.54) is 5.69 Å². The van der Waals surface area contributed by atoms with Gasteiger partial charge in [-0.2, -0.15) is 5.26 Å². The average molecular weight is 335 g/mol. The largest absolute Gasteiger partial charge is 0.485 e. The predicted molar refractivity (Wildman–Crippen MR) is 97.2 cm³/mol. The van der Waals surface area contributed by atoms with Crippen LogP contribution in [-0.4, -0.2) is 35.0 Å². The van der Waals surface area contributed by atoms with Gasteiger partial charge in [0.2, 0.25) is 0 Å². The normalized spacial score (nSPS) is 11.5. The minimum absolute atomic E-state index is 0.347. The first-order chi connectivity index (χ1) is 11.9. The molecule has 0 aliphatic heterocycles. The van der Waals surface area contributed by atoms with Crippen molar-refractivity contribution in [1.82, 2.24) is 9.38 Å². The Hall–Kier alpha value is -2.84. The highest BCUT2D eigenvalue weighted by Crippen LogP contribution is 2.24. The first-order valence-corrected chi connectivity index (χ1v) is 8.27. The summed E-state index contributed by atoms with van der Waals surface area (Å²) in [7, 11) is 6.49. The number of nitriles is 1. The molecule has 0 spiro atoms. The molecule has 0 unspecified atom stereocenters. The predicted octanol–water partition coefficient (Wildman–Crippen LogP) is 3.30. The number of aryl methyl sites for hydroxylation is 1. The fourth-order valence-corrected chi connectivity index (χ4v) is 2.87. The molecule has 0 amide bonds. The number of fused-ring (bicyclic) bond motifs is 1. The number of rotatable bonds is 5. The molecule has 0 bridgehead atoms. The van der Waals surface area contributed by atoms with E-state index in [1.54, 1.807) is 6.07 Å². The maximum absolute atomic E-state index is 9.21. The molecule has 128 valence electrons. The molecule has 0 N–H and O–H groups in total. The maximum atomic E-state index is 9.21. The Morgan fingerprint density at radius 3 is 2.64 bits per heavy atom. The third-order valence-electron chi connectivity index (χ3n) is 4.06. The summed E-state index contributed by atoms with van der Waals surface area (Å²) < 4.78 is 8.94. The highest BCUT2D eigenvalue weighted by molar-refractivity contribution is 5.56. The average Bonchev–Trinajstić information content (AvgIpc) is 2.88. The van der Waals surface area contributed by atoms with Crippen LogP contribution >= 0.6 is 0 Å². The van der Waals surface area contributed by atoms with Crippen molar-refractivity contribution in [3.63, 3.8) is 0 Å². The summed E-state index contributed by atoms with van der Waals surface area (Å²) in [5, 5.41) is 9.21. The number of aromatic nitrogens is 2. The number of benzene rings is 1. The minimum atomic E-state index is 0.347. The zero-order valence-corrected chi connectivity index (χ0v) is 15.2. The van der Waals surface area contributed by atoms with Gasteiger partial charge in [0.1, 0.15) is 18.8 Å². The molecule has 2 heterocycles. The monoisotopic (exact) mass is 335 g/mol. The third kappa shape index (κ3) is 3.65. The lowest BCUT2D eigenvalue weighted by Crippen LogP contribution is -2.34. The smallest absolute Gasteiger partial charge is 0.180 e. The number of nitrogens with zero attached hydrogens (tertiary/aromatic N) is 4. The van der Waals surface area contributed by atoms with Gasteiger partial charge in [-0.3, -0.25) is 4.40 Å². The van der Waals surface area contributed by atoms with Crippen molar-refractivity contribution in [3.8, 4) is 11.8 Å². The van der Waals surface area contributed by atoms with E-state index >= 15 is 0 Å². The molecule has 0 atom stereocenters. The Labute approximate surface area is 148 Å². The fourth-order valence-electron chi connectivity index (χ4n) is 2.87. The van der Waals surface area contributed by atoms with Gasteiger partial charge in [0.15, 0.2) is 11.4 Å². The third-order valence-corrected chi connectivity index (χ3v) is 4.06. The zero-order valence-electron chi connectivity index (χ0n) is 15.2. The Bertz CT molecular complexity index is 944. The molecule has 0 radical (unpaired) electrons. The second kappa shape index (κ2) is 6.58. The summed E-state index contributed by atoms with van der Waals surface area (Å²) in [5.74, 6) is 0.728. The van der Waals surface area contributed by atoms with E-state index in [-0.39, 0.29) is 0 Å². The quantitative estimate of drug-likeness (QED) is 0.672. The number of ether oxygens (including phenoxy) is 1. The molecule has 3 rings (SSSR count). The van der Waals surface area contributed by atoms with Crippen LogP contribution in [-0.2, 0) is 13.2 Å². The summed E-state index contributed by atoms with van der Waals surface area (Å²) in [6.45, 7) is 3.26. The molecule has 3 aromatic rings. The van der Waals surface area contributed by atoms with E-state index in [9.17, 15) is 5.26 Å². The molecule has 0 aliphatic rings. The second-order valence-electron chi connectivity index (χ2n) is 7.22. The molecule has 5 heteroatoms. The molecule has 0 fully saturated rings. The van der Waals surface area contributed by atoms with E-state index in [4.69, 9.17) is 9.72 Å². The molecule has 5 nitrogen and oxygen atoms in total. The lowest BCUT2D eigenvalue weighted by Gasteiger charge is -2.23. The van der Waals surface area contributed by atoms with E-state index < -0.39 is 0 Å². The Kier molecular flexibility index (Phi) is 4.47. The highest BCUT2D eigenvalue weighted by atomic mass is 16.5. The number of imidazole rings is 1. The van der Waals surface area contributed by atoms with Crippen molar-refractivity contribution in [3.05, 3.63) is 65.1 Å². The van der Waals surface area contributed by atoms with Gasteiger partial charge in [0, 0.05) is 11.8 Å². The van der Waals surface area contributed by atoms with Gasteiger partial charge < -0.3 is 9.22 Å². The lowest BCUT2D eigenvalue weighted by molar-refractivity contribution is -0.884. The van der Waals surface area contributed by atoms with Crippen molar-refractivity contribution in [2.45, 2.75) is 20.1 Å². The van der Waals surface area contributed by atoms with Crippen LogP contribution in [0.4, 0.5) is 0 Å².